The third-order valence-corrected chi connectivity index (χ3v) is 6.44. The number of hydrogen-bond acceptors (Lipinski definition) is 7. The van der Waals surface area contributed by atoms with E-state index in [0.29, 0.717) is 29.4 Å². The molecule has 3 aromatic rings. The highest BCUT2D eigenvalue weighted by atomic mass is 32.2. The minimum atomic E-state index is -0.0578. The van der Waals surface area contributed by atoms with Gasteiger partial charge >= 0.3 is 0 Å². The van der Waals surface area contributed by atoms with Crippen molar-refractivity contribution in [1.82, 2.24) is 14.8 Å². The molecule has 0 bridgehead atoms. The lowest BCUT2D eigenvalue weighted by atomic mass is 10.2. The van der Waals surface area contributed by atoms with Gasteiger partial charge in [-0.25, -0.2) is 0 Å². The Morgan fingerprint density at radius 2 is 1.84 bits per heavy atom. The normalized spacial score (nSPS) is 14.7. The van der Waals surface area contributed by atoms with E-state index in [4.69, 9.17) is 9.47 Å². The van der Waals surface area contributed by atoms with Crippen molar-refractivity contribution >= 4 is 29.3 Å². The first-order valence-corrected chi connectivity index (χ1v) is 11.8. The van der Waals surface area contributed by atoms with Crippen molar-refractivity contribution in [2.45, 2.75) is 31.3 Å². The van der Waals surface area contributed by atoms with Crippen molar-refractivity contribution in [2.24, 2.45) is 0 Å². The van der Waals surface area contributed by atoms with Crippen molar-refractivity contribution in [3.05, 3.63) is 48.0 Å². The van der Waals surface area contributed by atoms with Crippen LogP contribution in [0.4, 0.5) is 11.6 Å². The van der Waals surface area contributed by atoms with Crippen LogP contribution in [0, 0.1) is 6.92 Å². The third kappa shape index (κ3) is 4.38. The summed E-state index contributed by atoms with van der Waals surface area (Å²) in [6.07, 6.45) is 2.70. The first-order valence-electron chi connectivity index (χ1n) is 10.8. The molecule has 1 aromatic heterocycles. The van der Waals surface area contributed by atoms with Gasteiger partial charge in [-0.05, 0) is 44.0 Å². The van der Waals surface area contributed by atoms with E-state index in [-0.39, 0.29) is 12.7 Å². The van der Waals surface area contributed by atoms with E-state index in [1.165, 1.54) is 18.4 Å². The van der Waals surface area contributed by atoms with Gasteiger partial charge in [0.05, 0.1) is 5.69 Å². The molecule has 1 fully saturated rings. The molecule has 0 unspecified atom stereocenters. The summed E-state index contributed by atoms with van der Waals surface area (Å²) in [4.78, 5) is 14.7. The van der Waals surface area contributed by atoms with Gasteiger partial charge in [-0.1, -0.05) is 29.5 Å². The van der Waals surface area contributed by atoms with Crippen LogP contribution in [0.25, 0.3) is 5.69 Å². The number of carbonyl (C=O) groups is 1. The highest BCUT2D eigenvalue weighted by Crippen LogP contribution is 2.34. The molecule has 1 N–H and O–H groups in total. The first-order chi connectivity index (χ1) is 15.7. The fourth-order valence-corrected chi connectivity index (χ4v) is 4.71. The van der Waals surface area contributed by atoms with Gasteiger partial charge in [0.15, 0.2) is 16.7 Å². The zero-order chi connectivity index (χ0) is 21.9. The fourth-order valence-electron chi connectivity index (χ4n) is 3.83. The molecule has 3 heterocycles. The number of nitrogens with one attached hydrogen (secondary N) is 1. The van der Waals surface area contributed by atoms with Gasteiger partial charge < -0.3 is 19.7 Å². The molecular weight excluding hydrogens is 426 g/mol. The molecule has 32 heavy (non-hydrogen) atoms. The van der Waals surface area contributed by atoms with Crippen molar-refractivity contribution < 1.29 is 14.3 Å². The Bertz CT molecular complexity index is 1110. The number of rotatable bonds is 7. The standard InChI is InChI=1S/C23H25N5O3S/c1-16-4-7-18(8-5-16)28-22(27-11-2-3-12-27)25-26-23(28)32-13-10-21(29)24-17-6-9-19-20(14-17)31-15-30-19/h4-9,14H,2-3,10-13,15H2,1H3,(H,24,29). The van der Waals surface area contributed by atoms with Crippen molar-refractivity contribution in [1.29, 1.82) is 0 Å². The third-order valence-electron chi connectivity index (χ3n) is 5.51. The predicted molar refractivity (Wildman–Crippen MR) is 124 cm³/mol. The largest absolute Gasteiger partial charge is 0.454 e. The molecule has 2 aliphatic rings. The van der Waals surface area contributed by atoms with Crippen molar-refractivity contribution in [3.8, 4) is 17.2 Å². The van der Waals surface area contributed by atoms with E-state index in [2.05, 4.69) is 56.2 Å². The molecule has 0 aliphatic carbocycles. The zero-order valence-electron chi connectivity index (χ0n) is 17.9. The van der Waals surface area contributed by atoms with Crippen molar-refractivity contribution in [2.75, 3.05) is 35.9 Å². The second-order valence-electron chi connectivity index (χ2n) is 7.86. The van der Waals surface area contributed by atoms with Crippen LogP contribution >= 0.6 is 11.8 Å². The Hall–Kier alpha value is -3.20. The van der Waals surface area contributed by atoms with Gasteiger partial charge in [-0.15, -0.1) is 10.2 Å². The average Bonchev–Trinajstić information content (AvgIpc) is 3.54. The van der Waals surface area contributed by atoms with E-state index >= 15 is 0 Å². The van der Waals surface area contributed by atoms with Crippen LogP contribution in [0.2, 0.25) is 0 Å². The lowest BCUT2D eigenvalue weighted by Gasteiger charge is -2.18. The number of ether oxygens (including phenoxy) is 2. The second-order valence-corrected chi connectivity index (χ2v) is 8.92. The van der Waals surface area contributed by atoms with Crippen molar-refractivity contribution in [3.63, 3.8) is 0 Å². The number of nitrogens with zero attached hydrogens (tertiary/aromatic N) is 4. The van der Waals surface area contributed by atoms with Gasteiger partial charge in [-0.2, -0.15) is 0 Å². The number of aryl methyl sites for hydroxylation is 1. The molecule has 1 amide bonds. The van der Waals surface area contributed by atoms with Gasteiger partial charge in [0.25, 0.3) is 0 Å². The fraction of sp³-hybridized carbons (Fsp3) is 0.348. The summed E-state index contributed by atoms with van der Waals surface area (Å²) in [5.74, 6) is 2.76. The molecule has 8 nitrogen and oxygen atoms in total. The van der Waals surface area contributed by atoms with Crippen LogP contribution < -0.4 is 19.7 Å². The number of carbonyl (C=O) groups excluding carboxylic acids is 1. The Balaban J connectivity index is 1.25. The lowest BCUT2D eigenvalue weighted by molar-refractivity contribution is -0.115. The molecule has 5 rings (SSSR count). The van der Waals surface area contributed by atoms with Gasteiger partial charge in [0.2, 0.25) is 18.6 Å². The topological polar surface area (TPSA) is 81.5 Å². The summed E-state index contributed by atoms with van der Waals surface area (Å²) in [7, 11) is 0. The molecule has 0 saturated carbocycles. The summed E-state index contributed by atoms with van der Waals surface area (Å²) in [6.45, 7) is 4.27. The van der Waals surface area contributed by atoms with Crippen LogP contribution in [0.3, 0.4) is 0 Å². The van der Waals surface area contributed by atoms with E-state index < -0.39 is 0 Å². The van der Waals surface area contributed by atoms with E-state index in [1.54, 1.807) is 23.9 Å². The molecule has 0 spiro atoms. The second kappa shape index (κ2) is 9.12. The maximum absolute atomic E-state index is 12.5. The van der Waals surface area contributed by atoms with Crippen LogP contribution in [0.15, 0.2) is 47.6 Å². The summed E-state index contributed by atoms with van der Waals surface area (Å²) in [5.41, 5.74) is 2.94. The van der Waals surface area contributed by atoms with E-state index in [1.807, 2.05) is 6.07 Å². The van der Waals surface area contributed by atoms with E-state index in [0.717, 1.165) is 29.9 Å². The highest BCUT2D eigenvalue weighted by Gasteiger charge is 2.22. The molecular formula is C23H25N5O3S. The summed E-state index contributed by atoms with van der Waals surface area (Å²) in [6, 6.07) is 13.8. The van der Waals surface area contributed by atoms with Gasteiger partial charge in [0, 0.05) is 37.0 Å². The number of benzene rings is 2. The minimum absolute atomic E-state index is 0.0578. The van der Waals surface area contributed by atoms with Gasteiger partial charge in [0.1, 0.15) is 0 Å². The summed E-state index contributed by atoms with van der Waals surface area (Å²) < 4.78 is 12.8. The number of aromatic nitrogens is 3. The predicted octanol–water partition coefficient (Wildman–Crippen LogP) is 4.03. The number of fused-ring (bicyclic) bond motifs is 1. The van der Waals surface area contributed by atoms with Crippen LogP contribution in [0.5, 0.6) is 11.5 Å². The molecule has 2 aromatic carbocycles. The average molecular weight is 452 g/mol. The molecule has 166 valence electrons. The van der Waals surface area contributed by atoms with Gasteiger partial charge in [-0.3, -0.25) is 9.36 Å². The van der Waals surface area contributed by atoms with Crippen LogP contribution in [-0.4, -0.2) is 46.3 Å². The lowest BCUT2D eigenvalue weighted by Crippen LogP contribution is -2.22. The summed E-state index contributed by atoms with van der Waals surface area (Å²) >= 11 is 1.54. The number of anilines is 2. The minimum Gasteiger partial charge on any atom is -0.454 e. The molecule has 9 heteroatoms. The van der Waals surface area contributed by atoms with E-state index in [9.17, 15) is 4.79 Å². The molecule has 1 saturated heterocycles. The monoisotopic (exact) mass is 451 g/mol. The number of thioether (sulfide) groups is 1. The quantitative estimate of drug-likeness (QED) is 0.543. The Kier molecular flexibility index (Phi) is 5.89. The number of hydrogen-bond donors (Lipinski definition) is 1. The maximum atomic E-state index is 12.5. The maximum Gasteiger partial charge on any atom is 0.232 e. The summed E-state index contributed by atoms with van der Waals surface area (Å²) in [5, 5.41) is 12.7. The number of amides is 1. The smallest absolute Gasteiger partial charge is 0.232 e. The molecule has 2 aliphatic heterocycles. The Morgan fingerprint density at radius 1 is 1.06 bits per heavy atom. The molecule has 0 radical (unpaired) electrons. The Labute approximate surface area is 190 Å². The Morgan fingerprint density at radius 3 is 2.66 bits per heavy atom. The SMILES string of the molecule is Cc1ccc(-n2c(SCCC(=O)Nc3ccc4c(c3)OCO4)nnc2N2CCCC2)cc1. The van der Waals surface area contributed by atoms with Crippen LogP contribution in [0.1, 0.15) is 24.8 Å². The molecule has 0 atom stereocenters. The zero-order valence-corrected chi connectivity index (χ0v) is 18.7. The first kappa shape index (κ1) is 20.7. The van der Waals surface area contributed by atoms with Crippen LogP contribution in [-0.2, 0) is 4.79 Å². The highest BCUT2D eigenvalue weighted by molar-refractivity contribution is 7.99.